The van der Waals surface area contributed by atoms with Crippen LogP contribution in [0.1, 0.15) is 39.5 Å². The van der Waals surface area contributed by atoms with Gasteiger partial charge in [0.05, 0.1) is 5.92 Å². The lowest BCUT2D eigenvalue weighted by Crippen LogP contribution is -2.47. The highest BCUT2D eigenvalue weighted by Crippen LogP contribution is 2.36. The molecule has 0 unspecified atom stereocenters. The molecule has 0 spiro atoms. The first kappa shape index (κ1) is 17.7. The van der Waals surface area contributed by atoms with Crippen LogP contribution in [0.25, 0.3) is 0 Å². The van der Waals surface area contributed by atoms with Gasteiger partial charge in [-0.25, -0.2) is 0 Å². The molecular formula is C20H32N2O2. The number of carbonyl (C=O) groups excluding carboxylic acids is 1. The van der Waals surface area contributed by atoms with Crippen molar-refractivity contribution in [3.8, 4) is 0 Å². The fourth-order valence-corrected chi connectivity index (χ4v) is 4.16. The summed E-state index contributed by atoms with van der Waals surface area (Å²) in [6.07, 6.45) is 8.89. The highest BCUT2D eigenvalue weighted by Gasteiger charge is 2.44. The van der Waals surface area contributed by atoms with Gasteiger partial charge in [0.25, 0.3) is 0 Å². The Morgan fingerprint density at radius 3 is 2.62 bits per heavy atom. The number of rotatable bonds is 2. The molecular weight excluding hydrogens is 300 g/mol. The summed E-state index contributed by atoms with van der Waals surface area (Å²) in [6, 6.07) is 0. The standard InChI is InChI=1S/C20H32N2O2/c1-15-5-4-6-16(2)13-19-17(8-7-15)18(20(23)24-19)14-22-11-9-21(3)10-12-22/h5,13,17-19H,4,6-12,14H2,1-3H3/b15-5+,16-13+/t17-,18-,19+/m0/s1. The Labute approximate surface area is 146 Å². The summed E-state index contributed by atoms with van der Waals surface area (Å²) in [5, 5.41) is 0. The van der Waals surface area contributed by atoms with E-state index in [-0.39, 0.29) is 18.0 Å². The van der Waals surface area contributed by atoms with Gasteiger partial charge in [-0.3, -0.25) is 9.69 Å². The fraction of sp³-hybridized carbons (Fsp3) is 0.750. The van der Waals surface area contributed by atoms with E-state index in [2.05, 4.69) is 42.8 Å². The van der Waals surface area contributed by atoms with E-state index in [0.717, 1.165) is 58.4 Å². The summed E-state index contributed by atoms with van der Waals surface area (Å²) in [7, 11) is 2.17. The van der Waals surface area contributed by atoms with Crippen LogP contribution < -0.4 is 0 Å². The third-order valence-corrected chi connectivity index (χ3v) is 5.90. The molecule has 2 heterocycles. The molecule has 4 heteroatoms. The first-order chi connectivity index (χ1) is 11.5. The lowest BCUT2D eigenvalue weighted by Gasteiger charge is -2.34. The minimum absolute atomic E-state index is 0.0131. The number of hydrogen-bond donors (Lipinski definition) is 0. The van der Waals surface area contributed by atoms with Crippen molar-refractivity contribution in [2.75, 3.05) is 39.8 Å². The van der Waals surface area contributed by atoms with E-state index >= 15 is 0 Å². The average Bonchev–Trinajstić information content (AvgIpc) is 2.82. The van der Waals surface area contributed by atoms with Gasteiger partial charge < -0.3 is 9.64 Å². The van der Waals surface area contributed by atoms with Crippen molar-refractivity contribution in [2.45, 2.75) is 45.6 Å². The molecule has 0 aromatic heterocycles. The zero-order chi connectivity index (χ0) is 17.1. The average molecular weight is 332 g/mol. The number of allylic oxidation sites excluding steroid dienone is 3. The fourth-order valence-electron chi connectivity index (χ4n) is 4.16. The molecule has 0 N–H and O–H groups in total. The van der Waals surface area contributed by atoms with Gasteiger partial charge >= 0.3 is 5.97 Å². The maximum Gasteiger partial charge on any atom is 0.311 e. The van der Waals surface area contributed by atoms with Gasteiger partial charge in [0.15, 0.2) is 0 Å². The van der Waals surface area contributed by atoms with Gasteiger partial charge in [0, 0.05) is 38.6 Å². The van der Waals surface area contributed by atoms with Crippen LogP contribution in [-0.4, -0.2) is 61.6 Å². The largest absolute Gasteiger partial charge is 0.458 e. The second kappa shape index (κ2) is 7.83. The molecule has 0 bridgehead atoms. The molecule has 0 radical (unpaired) electrons. The van der Waals surface area contributed by atoms with E-state index < -0.39 is 0 Å². The minimum Gasteiger partial charge on any atom is -0.458 e. The second-order valence-corrected chi connectivity index (χ2v) is 7.92. The van der Waals surface area contributed by atoms with Crippen molar-refractivity contribution in [1.29, 1.82) is 0 Å². The number of ether oxygens (including phenoxy) is 1. The molecule has 2 fully saturated rings. The number of likely N-dealkylation sites (N-methyl/N-ethyl adjacent to an activating group) is 1. The molecule has 134 valence electrons. The third-order valence-electron chi connectivity index (χ3n) is 5.90. The first-order valence-electron chi connectivity index (χ1n) is 9.47. The van der Waals surface area contributed by atoms with Gasteiger partial charge in [-0.2, -0.15) is 0 Å². The lowest BCUT2D eigenvalue weighted by molar-refractivity contribution is -0.143. The molecule has 1 aliphatic carbocycles. The highest BCUT2D eigenvalue weighted by molar-refractivity contribution is 5.76. The van der Waals surface area contributed by atoms with Crippen molar-refractivity contribution in [2.24, 2.45) is 11.8 Å². The molecule has 4 nitrogen and oxygen atoms in total. The van der Waals surface area contributed by atoms with Gasteiger partial charge in [-0.1, -0.05) is 17.2 Å². The molecule has 24 heavy (non-hydrogen) atoms. The predicted molar refractivity (Wildman–Crippen MR) is 96.8 cm³/mol. The normalized spacial score (nSPS) is 37.8. The van der Waals surface area contributed by atoms with Gasteiger partial charge in [0.1, 0.15) is 6.10 Å². The summed E-state index contributed by atoms with van der Waals surface area (Å²) in [6.45, 7) is 9.57. The van der Waals surface area contributed by atoms with E-state index in [0.29, 0.717) is 5.92 Å². The third kappa shape index (κ3) is 4.28. The topological polar surface area (TPSA) is 32.8 Å². The van der Waals surface area contributed by atoms with E-state index in [4.69, 9.17) is 4.74 Å². The first-order valence-corrected chi connectivity index (χ1v) is 9.47. The molecule has 0 amide bonds. The van der Waals surface area contributed by atoms with Crippen LogP contribution in [-0.2, 0) is 9.53 Å². The number of fused-ring (bicyclic) bond motifs is 1. The van der Waals surface area contributed by atoms with Crippen molar-refractivity contribution in [3.05, 3.63) is 23.3 Å². The SMILES string of the molecule is C/C1=C\[C@H]2OC(=O)[C@@H](CN3CCN(C)CC3)[C@@H]2CC/C(C)=C/CC1. The Bertz CT molecular complexity index is 518. The van der Waals surface area contributed by atoms with Crippen molar-refractivity contribution < 1.29 is 9.53 Å². The van der Waals surface area contributed by atoms with Crippen molar-refractivity contribution in [3.63, 3.8) is 0 Å². The van der Waals surface area contributed by atoms with Crippen molar-refractivity contribution in [1.82, 2.24) is 9.80 Å². The maximum atomic E-state index is 12.6. The zero-order valence-corrected chi connectivity index (χ0v) is 15.5. The molecule has 3 atom stereocenters. The van der Waals surface area contributed by atoms with Crippen LogP contribution in [0.15, 0.2) is 23.3 Å². The molecule has 0 aromatic carbocycles. The molecule has 3 rings (SSSR count). The van der Waals surface area contributed by atoms with E-state index in [1.165, 1.54) is 11.1 Å². The summed E-state index contributed by atoms with van der Waals surface area (Å²) in [4.78, 5) is 17.4. The molecule has 3 aliphatic rings. The predicted octanol–water partition coefficient (Wildman–Crippen LogP) is 2.86. The van der Waals surface area contributed by atoms with Crippen LogP contribution >= 0.6 is 0 Å². The van der Waals surface area contributed by atoms with Gasteiger partial charge in [0.2, 0.25) is 0 Å². The minimum atomic E-state index is -0.0131. The van der Waals surface area contributed by atoms with Crippen LogP contribution in [0, 0.1) is 11.8 Å². The highest BCUT2D eigenvalue weighted by atomic mass is 16.6. The number of carbonyl (C=O) groups is 1. The Kier molecular flexibility index (Phi) is 5.77. The number of piperazine rings is 1. The molecule has 0 saturated carbocycles. The Morgan fingerprint density at radius 1 is 1.12 bits per heavy atom. The zero-order valence-electron chi connectivity index (χ0n) is 15.5. The van der Waals surface area contributed by atoms with E-state index in [9.17, 15) is 4.79 Å². The summed E-state index contributed by atoms with van der Waals surface area (Å²) in [5.74, 6) is 0.386. The number of esters is 1. The smallest absolute Gasteiger partial charge is 0.311 e. The Morgan fingerprint density at radius 2 is 1.88 bits per heavy atom. The Balaban J connectivity index is 1.72. The number of nitrogens with zero attached hydrogens (tertiary/aromatic N) is 2. The lowest BCUT2D eigenvalue weighted by atomic mass is 9.83. The monoisotopic (exact) mass is 332 g/mol. The van der Waals surface area contributed by atoms with Crippen molar-refractivity contribution >= 4 is 5.97 Å². The van der Waals surface area contributed by atoms with Gasteiger partial charge in [-0.05, 0) is 52.7 Å². The molecule has 2 saturated heterocycles. The van der Waals surface area contributed by atoms with Crippen LogP contribution in [0.5, 0.6) is 0 Å². The summed E-state index contributed by atoms with van der Waals surface area (Å²) < 4.78 is 5.81. The molecule has 2 aliphatic heterocycles. The van der Waals surface area contributed by atoms with Crippen LogP contribution in [0.4, 0.5) is 0 Å². The maximum absolute atomic E-state index is 12.6. The Hall–Kier alpha value is -1.13. The van der Waals surface area contributed by atoms with Crippen LogP contribution in [0.3, 0.4) is 0 Å². The quantitative estimate of drug-likeness (QED) is 0.575. The number of hydrogen-bond acceptors (Lipinski definition) is 4. The summed E-state index contributed by atoms with van der Waals surface area (Å²) >= 11 is 0. The van der Waals surface area contributed by atoms with E-state index in [1.54, 1.807) is 0 Å². The molecule has 0 aromatic rings. The van der Waals surface area contributed by atoms with Crippen LogP contribution in [0.2, 0.25) is 0 Å². The van der Waals surface area contributed by atoms with Gasteiger partial charge in [-0.15, -0.1) is 0 Å². The summed E-state index contributed by atoms with van der Waals surface area (Å²) in [5.41, 5.74) is 2.81. The van der Waals surface area contributed by atoms with E-state index in [1.807, 2.05) is 0 Å². The second-order valence-electron chi connectivity index (χ2n) is 7.92.